The summed E-state index contributed by atoms with van der Waals surface area (Å²) in [7, 11) is 2.08. The van der Waals surface area contributed by atoms with Crippen LogP contribution in [0.4, 0.5) is 0 Å². The average molecular weight is 377 g/mol. The van der Waals surface area contributed by atoms with E-state index in [9.17, 15) is 0 Å². The molecule has 0 radical (unpaired) electrons. The fraction of sp³-hybridized carbons (Fsp3) is 0.579. The van der Waals surface area contributed by atoms with Crippen molar-refractivity contribution in [1.29, 1.82) is 0 Å². The summed E-state index contributed by atoms with van der Waals surface area (Å²) < 4.78 is 11.1. The molecule has 1 fully saturated rings. The van der Waals surface area contributed by atoms with Gasteiger partial charge in [0.15, 0.2) is 5.96 Å². The standard InChI is InChI=1S/C19H28N4O2S/c1-15-13-21-18(26-15)8-10-23(2)19(22-14-17-6-4-12-25-17)20-9-7-16-5-3-11-24-16/h3,5,11,13,17H,4,6-10,12,14H2,1-2H3,(H,20,22). The maximum atomic E-state index is 5.70. The minimum absolute atomic E-state index is 0.256. The number of rotatable bonds is 8. The van der Waals surface area contributed by atoms with Crippen LogP contribution in [0.5, 0.6) is 0 Å². The first-order valence-electron chi connectivity index (χ1n) is 9.25. The normalized spacial score (nSPS) is 17.6. The largest absolute Gasteiger partial charge is 0.469 e. The van der Waals surface area contributed by atoms with E-state index < -0.39 is 0 Å². The molecule has 1 aliphatic heterocycles. The zero-order valence-electron chi connectivity index (χ0n) is 15.6. The molecular formula is C19H28N4O2S. The lowest BCUT2D eigenvalue weighted by atomic mass is 10.2. The van der Waals surface area contributed by atoms with E-state index in [-0.39, 0.29) is 6.10 Å². The van der Waals surface area contributed by atoms with E-state index in [1.807, 2.05) is 18.3 Å². The summed E-state index contributed by atoms with van der Waals surface area (Å²) in [5.74, 6) is 1.90. The van der Waals surface area contributed by atoms with E-state index in [1.54, 1.807) is 17.6 Å². The van der Waals surface area contributed by atoms with Gasteiger partial charge in [0.1, 0.15) is 5.76 Å². The fourth-order valence-electron chi connectivity index (χ4n) is 2.93. The Kier molecular flexibility index (Phi) is 7.08. The number of hydrogen-bond acceptors (Lipinski definition) is 5. The zero-order chi connectivity index (χ0) is 18.2. The van der Waals surface area contributed by atoms with E-state index in [4.69, 9.17) is 14.1 Å². The van der Waals surface area contributed by atoms with Gasteiger partial charge in [-0.25, -0.2) is 4.98 Å². The lowest BCUT2D eigenvalue weighted by Crippen LogP contribution is -2.41. The van der Waals surface area contributed by atoms with Gasteiger partial charge < -0.3 is 19.4 Å². The highest BCUT2D eigenvalue weighted by atomic mass is 32.1. The molecule has 0 bridgehead atoms. The number of aryl methyl sites for hydroxylation is 1. The Bertz CT molecular complexity index is 678. The highest BCUT2D eigenvalue weighted by molar-refractivity contribution is 7.11. The fourth-order valence-corrected chi connectivity index (χ4v) is 3.70. The number of likely N-dealkylation sites (N-methyl/N-ethyl adjacent to an activating group) is 1. The molecule has 0 spiro atoms. The van der Waals surface area contributed by atoms with Crippen LogP contribution in [-0.4, -0.2) is 55.2 Å². The monoisotopic (exact) mass is 376 g/mol. The van der Waals surface area contributed by atoms with Crippen molar-refractivity contribution in [2.75, 3.05) is 33.3 Å². The third kappa shape index (κ3) is 5.85. The zero-order valence-corrected chi connectivity index (χ0v) is 16.4. The van der Waals surface area contributed by atoms with Crippen molar-refractivity contribution in [3.63, 3.8) is 0 Å². The Balaban J connectivity index is 1.53. The summed E-state index contributed by atoms with van der Waals surface area (Å²) in [5, 5.41) is 4.64. The van der Waals surface area contributed by atoms with E-state index in [1.165, 1.54) is 9.88 Å². The van der Waals surface area contributed by atoms with Gasteiger partial charge in [0.05, 0.1) is 23.9 Å². The van der Waals surface area contributed by atoms with Gasteiger partial charge in [-0.1, -0.05) is 0 Å². The third-order valence-electron chi connectivity index (χ3n) is 4.40. The molecule has 0 aromatic carbocycles. The molecule has 26 heavy (non-hydrogen) atoms. The molecule has 1 aliphatic rings. The second-order valence-electron chi connectivity index (χ2n) is 6.59. The first-order chi connectivity index (χ1) is 12.7. The molecular weight excluding hydrogens is 348 g/mol. The molecule has 142 valence electrons. The first kappa shape index (κ1) is 18.9. The van der Waals surface area contributed by atoms with E-state index in [2.05, 4.69) is 29.2 Å². The Morgan fingerprint density at radius 1 is 1.46 bits per heavy atom. The number of nitrogens with zero attached hydrogens (tertiary/aromatic N) is 3. The van der Waals surface area contributed by atoms with Crippen LogP contribution in [0.2, 0.25) is 0 Å². The average Bonchev–Trinajstić information content (AvgIpc) is 3.38. The number of nitrogens with one attached hydrogen (secondary N) is 1. The van der Waals surface area contributed by atoms with Crippen LogP contribution in [0.3, 0.4) is 0 Å². The van der Waals surface area contributed by atoms with Crippen molar-refractivity contribution in [1.82, 2.24) is 15.2 Å². The second-order valence-corrected chi connectivity index (χ2v) is 7.91. The molecule has 3 heterocycles. The number of guanidine groups is 1. The topological polar surface area (TPSA) is 62.9 Å². The van der Waals surface area contributed by atoms with Gasteiger partial charge in [0, 0.05) is 50.7 Å². The van der Waals surface area contributed by atoms with Gasteiger partial charge in [-0.05, 0) is 31.9 Å². The number of ether oxygens (including phenoxy) is 1. The molecule has 1 atom stereocenters. The second kappa shape index (κ2) is 9.73. The molecule has 0 aliphatic carbocycles. The number of thiazole rings is 1. The van der Waals surface area contributed by atoms with Crippen LogP contribution in [0, 0.1) is 6.92 Å². The summed E-state index contributed by atoms with van der Waals surface area (Å²) in [6, 6.07) is 3.92. The lowest BCUT2D eigenvalue weighted by Gasteiger charge is -2.22. The molecule has 6 nitrogen and oxygen atoms in total. The molecule has 0 saturated carbocycles. The smallest absolute Gasteiger partial charge is 0.193 e. The minimum atomic E-state index is 0.256. The van der Waals surface area contributed by atoms with Crippen molar-refractivity contribution in [2.24, 2.45) is 4.99 Å². The highest BCUT2D eigenvalue weighted by Gasteiger charge is 2.16. The van der Waals surface area contributed by atoms with E-state index in [0.717, 1.165) is 57.1 Å². The maximum absolute atomic E-state index is 5.70. The molecule has 2 aromatic rings. The van der Waals surface area contributed by atoms with Crippen LogP contribution in [0.25, 0.3) is 0 Å². The van der Waals surface area contributed by atoms with Crippen LogP contribution >= 0.6 is 11.3 Å². The predicted molar refractivity (Wildman–Crippen MR) is 105 cm³/mol. The van der Waals surface area contributed by atoms with Crippen molar-refractivity contribution in [3.05, 3.63) is 40.2 Å². The summed E-state index contributed by atoms with van der Waals surface area (Å²) in [5.41, 5.74) is 0. The van der Waals surface area contributed by atoms with Gasteiger partial charge in [-0.3, -0.25) is 4.99 Å². The van der Waals surface area contributed by atoms with Crippen LogP contribution in [0.15, 0.2) is 34.0 Å². The Labute approximate surface area is 159 Å². The highest BCUT2D eigenvalue weighted by Crippen LogP contribution is 2.13. The first-order valence-corrected chi connectivity index (χ1v) is 10.1. The summed E-state index contributed by atoms with van der Waals surface area (Å²) >= 11 is 1.76. The van der Waals surface area contributed by atoms with Crippen LogP contribution in [-0.2, 0) is 17.6 Å². The van der Waals surface area contributed by atoms with Crippen molar-refractivity contribution in [2.45, 2.75) is 38.7 Å². The van der Waals surface area contributed by atoms with Crippen molar-refractivity contribution < 1.29 is 9.15 Å². The van der Waals surface area contributed by atoms with Gasteiger partial charge in [0.25, 0.3) is 0 Å². The van der Waals surface area contributed by atoms with Gasteiger partial charge in [0.2, 0.25) is 0 Å². The van der Waals surface area contributed by atoms with Gasteiger partial charge in [-0.2, -0.15) is 0 Å². The van der Waals surface area contributed by atoms with Gasteiger partial charge in [-0.15, -0.1) is 11.3 Å². The van der Waals surface area contributed by atoms with Gasteiger partial charge >= 0.3 is 0 Å². The quantitative estimate of drug-likeness (QED) is 0.567. The van der Waals surface area contributed by atoms with E-state index >= 15 is 0 Å². The molecule has 1 N–H and O–H groups in total. The summed E-state index contributed by atoms with van der Waals surface area (Å²) in [6.07, 6.45) is 7.91. The Morgan fingerprint density at radius 3 is 3.08 bits per heavy atom. The van der Waals surface area contributed by atoms with Crippen LogP contribution in [0.1, 0.15) is 28.5 Å². The van der Waals surface area contributed by atoms with Crippen LogP contribution < -0.4 is 5.32 Å². The lowest BCUT2D eigenvalue weighted by molar-refractivity contribution is 0.117. The number of aliphatic imine (C=N–C) groups is 1. The molecule has 7 heteroatoms. The molecule has 1 unspecified atom stereocenters. The Morgan fingerprint density at radius 2 is 2.38 bits per heavy atom. The molecule has 0 amide bonds. The predicted octanol–water partition coefficient (Wildman–Crippen LogP) is 2.89. The number of furan rings is 1. The summed E-state index contributed by atoms with van der Waals surface area (Å²) in [6.45, 7) is 5.34. The minimum Gasteiger partial charge on any atom is -0.469 e. The molecule has 2 aromatic heterocycles. The van der Waals surface area contributed by atoms with E-state index in [0.29, 0.717) is 6.54 Å². The SMILES string of the molecule is Cc1cnc(CCN(C)C(=NCC2CCCO2)NCCc2ccco2)s1. The van der Waals surface area contributed by atoms with Crippen molar-refractivity contribution >= 4 is 17.3 Å². The number of aromatic nitrogens is 1. The van der Waals surface area contributed by atoms with Crippen molar-refractivity contribution in [3.8, 4) is 0 Å². The summed E-state index contributed by atoms with van der Waals surface area (Å²) in [4.78, 5) is 12.7. The Hall–Kier alpha value is -1.86. The molecule has 1 saturated heterocycles. The molecule has 3 rings (SSSR count). The maximum Gasteiger partial charge on any atom is 0.193 e. The number of hydrogen-bond donors (Lipinski definition) is 1. The third-order valence-corrected chi connectivity index (χ3v) is 5.37.